The fourth-order valence-corrected chi connectivity index (χ4v) is 3.47. The largest absolute Gasteiger partial charge is 0.508 e. The first-order chi connectivity index (χ1) is 12.1. The SMILES string of the molecule is Cc1ccc2c(C3CC(CN)CN3)nc(-c3ccc(O)cc3)nc2c1. The molecule has 1 fully saturated rings. The van der Waals surface area contributed by atoms with Gasteiger partial charge in [-0.05, 0) is 68.2 Å². The van der Waals surface area contributed by atoms with E-state index in [4.69, 9.17) is 15.7 Å². The molecule has 0 bridgehead atoms. The first kappa shape index (κ1) is 16.0. The van der Waals surface area contributed by atoms with Crippen molar-refractivity contribution < 1.29 is 5.11 Å². The monoisotopic (exact) mass is 334 g/mol. The fourth-order valence-electron chi connectivity index (χ4n) is 3.47. The Balaban J connectivity index is 1.86. The Kier molecular flexibility index (Phi) is 4.11. The van der Waals surface area contributed by atoms with Crippen LogP contribution in [0.4, 0.5) is 0 Å². The molecular formula is C20H22N4O. The molecule has 5 nitrogen and oxygen atoms in total. The van der Waals surface area contributed by atoms with Crippen molar-refractivity contribution in [2.24, 2.45) is 11.7 Å². The second kappa shape index (κ2) is 6.43. The van der Waals surface area contributed by atoms with Gasteiger partial charge in [-0.2, -0.15) is 0 Å². The molecule has 0 spiro atoms. The standard InChI is InChI=1S/C20H22N4O/c1-12-2-7-16-17(8-12)23-20(14-3-5-15(25)6-4-14)24-19(16)18-9-13(10-21)11-22-18/h2-8,13,18,22,25H,9-11,21H2,1H3. The van der Waals surface area contributed by atoms with Gasteiger partial charge in [0.15, 0.2) is 5.82 Å². The summed E-state index contributed by atoms with van der Waals surface area (Å²) in [5, 5.41) is 14.2. The van der Waals surface area contributed by atoms with E-state index < -0.39 is 0 Å². The number of nitrogens with zero attached hydrogens (tertiary/aromatic N) is 2. The van der Waals surface area contributed by atoms with Crippen LogP contribution in [-0.4, -0.2) is 28.2 Å². The van der Waals surface area contributed by atoms with Crippen LogP contribution < -0.4 is 11.1 Å². The average molecular weight is 334 g/mol. The van der Waals surface area contributed by atoms with E-state index in [0.29, 0.717) is 18.3 Å². The minimum Gasteiger partial charge on any atom is -0.508 e. The van der Waals surface area contributed by atoms with Crippen molar-refractivity contribution in [3.8, 4) is 17.1 Å². The number of phenols is 1. The van der Waals surface area contributed by atoms with Crippen LogP contribution >= 0.6 is 0 Å². The van der Waals surface area contributed by atoms with Gasteiger partial charge in [0.05, 0.1) is 17.3 Å². The van der Waals surface area contributed by atoms with E-state index in [0.717, 1.165) is 35.1 Å². The van der Waals surface area contributed by atoms with Crippen LogP contribution in [0.15, 0.2) is 42.5 Å². The summed E-state index contributed by atoms with van der Waals surface area (Å²) in [7, 11) is 0. The summed E-state index contributed by atoms with van der Waals surface area (Å²) in [6.07, 6.45) is 0.992. The highest BCUT2D eigenvalue weighted by Crippen LogP contribution is 2.32. The van der Waals surface area contributed by atoms with Crippen LogP contribution in [0.25, 0.3) is 22.3 Å². The van der Waals surface area contributed by atoms with Gasteiger partial charge in [0.1, 0.15) is 5.75 Å². The van der Waals surface area contributed by atoms with Crippen molar-refractivity contribution in [3.63, 3.8) is 0 Å². The molecule has 2 heterocycles. The third-order valence-corrected chi connectivity index (χ3v) is 4.89. The summed E-state index contributed by atoms with van der Waals surface area (Å²) in [4.78, 5) is 9.65. The van der Waals surface area contributed by atoms with E-state index in [2.05, 4.69) is 30.4 Å². The zero-order chi connectivity index (χ0) is 17.4. The first-order valence-corrected chi connectivity index (χ1v) is 8.65. The van der Waals surface area contributed by atoms with Gasteiger partial charge in [-0.3, -0.25) is 0 Å². The van der Waals surface area contributed by atoms with E-state index in [9.17, 15) is 5.11 Å². The second-order valence-electron chi connectivity index (χ2n) is 6.80. The summed E-state index contributed by atoms with van der Waals surface area (Å²) in [6, 6.07) is 13.5. The molecule has 0 amide bonds. The highest BCUT2D eigenvalue weighted by Gasteiger charge is 2.27. The Morgan fingerprint density at radius 3 is 2.68 bits per heavy atom. The number of benzene rings is 2. The normalized spacial score (nSPS) is 20.2. The van der Waals surface area contributed by atoms with E-state index in [1.807, 2.05) is 12.1 Å². The van der Waals surface area contributed by atoms with Crippen LogP contribution in [0, 0.1) is 12.8 Å². The zero-order valence-electron chi connectivity index (χ0n) is 14.2. The van der Waals surface area contributed by atoms with Crippen molar-refractivity contribution in [3.05, 3.63) is 53.7 Å². The molecule has 4 N–H and O–H groups in total. The fraction of sp³-hybridized carbons (Fsp3) is 0.300. The van der Waals surface area contributed by atoms with Gasteiger partial charge < -0.3 is 16.2 Å². The van der Waals surface area contributed by atoms with Crippen molar-refractivity contribution in [2.45, 2.75) is 19.4 Å². The minimum absolute atomic E-state index is 0.192. The van der Waals surface area contributed by atoms with Crippen molar-refractivity contribution in [1.29, 1.82) is 0 Å². The molecule has 0 radical (unpaired) electrons. The quantitative estimate of drug-likeness (QED) is 0.686. The van der Waals surface area contributed by atoms with Crippen LogP contribution in [-0.2, 0) is 0 Å². The molecule has 1 aromatic heterocycles. The molecule has 0 saturated carbocycles. The van der Waals surface area contributed by atoms with E-state index >= 15 is 0 Å². The molecule has 2 unspecified atom stereocenters. The summed E-state index contributed by atoms with van der Waals surface area (Å²) >= 11 is 0. The Labute approximate surface area is 146 Å². The molecule has 3 aromatic rings. The van der Waals surface area contributed by atoms with Gasteiger partial charge >= 0.3 is 0 Å². The third-order valence-electron chi connectivity index (χ3n) is 4.89. The summed E-state index contributed by atoms with van der Waals surface area (Å²) in [5.74, 6) is 1.41. The number of nitrogens with one attached hydrogen (secondary N) is 1. The Hall–Kier alpha value is -2.50. The van der Waals surface area contributed by atoms with Crippen LogP contribution in [0.3, 0.4) is 0 Å². The lowest BCUT2D eigenvalue weighted by Gasteiger charge is -2.15. The lowest BCUT2D eigenvalue weighted by Crippen LogP contribution is -2.18. The topological polar surface area (TPSA) is 84.1 Å². The van der Waals surface area contributed by atoms with Crippen molar-refractivity contribution in [1.82, 2.24) is 15.3 Å². The molecule has 1 aliphatic rings. The number of phenolic OH excluding ortho intramolecular Hbond substituents is 1. The summed E-state index contributed by atoms with van der Waals surface area (Å²) in [5.41, 5.74) is 9.90. The Bertz CT molecular complexity index is 907. The molecule has 1 saturated heterocycles. The van der Waals surface area contributed by atoms with Crippen LogP contribution in [0.2, 0.25) is 0 Å². The molecule has 128 valence electrons. The summed E-state index contributed by atoms with van der Waals surface area (Å²) in [6.45, 7) is 3.68. The van der Waals surface area contributed by atoms with Gasteiger partial charge in [0.25, 0.3) is 0 Å². The van der Waals surface area contributed by atoms with Crippen molar-refractivity contribution >= 4 is 10.9 Å². The van der Waals surface area contributed by atoms with E-state index in [1.165, 1.54) is 5.56 Å². The number of hydrogen-bond donors (Lipinski definition) is 3. The zero-order valence-corrected chi connectivity index (χ0v) is 14.2. The second-order valence-corrected chi connectivity index (χ2v) is 6.80. The Morgan fingerprint density at radius 1 is 1.16 bits per heavy atom. The number of aromatic nitrogens is 2. The predicted molar refractivity (Wildman–Crippen MR) is 99.3 cm³/mol. The molecule has 0 aliphatic carbocycles. The third kappa shape index (κ3) is 3.08. The molecule has 5 heteroatoms. The molecule has 4 rings (SSSR count). The Morgan fingerprint density at radius 2 is 1.96 bits per heavy atom. The van der Waals surface area contributed by atoms with E-state index in [1.54, 1.807) is 12.1 Å². The first-order valence-electron chi connectivity index (χ1n) is 8.65. The number of hydrogen-bond acceptors (Lipinski definition) is 5. The highest BCUT2D eigenvalue weighted by atomic mass is 16.3. The van der Waals surface area contributed by atoms with Crippen LogP contribution in [0.1, 0.15) is 23.7 Å². The maximum absolute atomic E-state index is 9.53. The van der Waals surface area contributed by atoms with Gasteiger partial charge in [-0.15, -0.1) is 0 Å². The van der Waals surface area contributed by atoms with Crippen molar-refractivity contribution in [2.75, 3.05) is 13.1 Å². The van der Waals surface area contributed by atoms with Gasteiger partial charge in [-0.25, -0.2) is 9.97 Å². The number of fused-ring (bicyclic) bond motifs is 1. The van der Waals surface area contributed by atoms with Gasteiger partial charge in [0.2, 0.25) is 0 Å². The minimum atomic E-state index is 0.192. The van der Waals surface area contributed by atoms with Gasteiger partial charge in [0, 0.05) is 10.9 Å². The molecule has 2 aromatic carbocycles. The number of aryl methyl sites for hydroxylation is 1. The lowest BCUT2D eigenvalue weighted by atomic mass is 10.00. The molecular weight excluding hydrogens is 312 g/mol. The highest BCUT2D eigenvalue weighted by molar-refractivity contribution is 5.84. The number of rotatable bonds is 3. The molecule has 2 atom stereocenters. The summed E-state index contributed by atoms with van der Waals surface area (Å²) < 4.78 is 0. The van der Waals surface area contributed by atoms with E-state index in [-0.39, 0.29) is 11.8 Å². The molecule has 1 aliphatic heterocycles. The van der Waals surface area contributed by atoms with Gasteiger partial charge in [-0.1, -0.05) is 12.1 Å². The average Bonchev–Trinajstić information content (AvgIpc) is 3.10. The number of nitrogens with two attached hydrogens (primary N) is 1. The molecule has 25 heavy (non-hydrogen) atoms. The number of aromatic hydroxyl groups is 1. The predicted octanol–water partition coefficient (Wildman–Crippen LogP) is 2.92. The van der Waals surface area contributed by atoms with Crippen LogP contribution in [0.5, 0.6) is 5.75 Å². The smallest absolute Gasteiger partial charge is 0.160 e. The maximum atomic E-state index is 9.53. The lowest BCUT2D eigenvalue weighted by molar-refractivity contribution is 0.475. The maximum Gasteiger partial charge on any atom is 0.160 e.